The quantitative estimate of drug-likeness (QED) is 0.685. The first-order valence-corrected chi connectivity index (χ1v) is 6.93. The Kier molecular flexibility index (Phi) is 3.13. The molecule has 0 aliphatic rings. The third-order valence-electron chi connectivity index (χ3n) is 3.05. The number of nitrogens with zero attached hydrogens (tertiary/aromatic N) is 3. The van der Waals surface area contributed by atoms with Crippen LogP contribution in [0, 0.1) is 6.92 Å². The highest BCUT2D eigenvalue weighted by Crippen LogP contribution is 2.19. The van der Waals surface area contributed by atoms with E-state index >= 15 is 0 Å². The van der Waals surface area contributed by atoms with Crippen molar-refractivity contribution in [2.45, 2.75) is 19.8 Å². The van der Waals surface area contributed by atoms with Crippen LogP contribution in [-0.2, 0) is 12.8 Å². The maximum absolute atomic E-state index is 11.0. The lowest BCUT2D eigenvalue weighted by molar-refractivity contribution is 0.111. The maximum Gasteiger partial charge on any atom is 0.213 e. The number of imidazole rings is 1. The fourth-order valence-electron chi connectivity index (χ4n) is 2.04. The molecule has 0 aliphatic carbocycles. The Morgan fingerprint density at radius 2 is 2.05 bits per heavy atom. The van der Waals surface area contributed by atoms with Gasteiger partial charge in [-0.05, 0) is 18.9 Å². The summed E-state index contributed by atoms with van der Waals surface area (Å²) in [5.41, 5.74) is 2.59. The minimum atomic E-state index is 0.553. The SMILES string of the molecule is Cc1nc2sc(CCc3ccccc3)nn2c1C=O. The van der Waals surface area contributed by atoms with Crippen LogP contribution in [0.5, 0.6) is 0 Å². The zero-order valence-corrected chi connectivity index (χ0v) is 11.4. The molecule has 0 unspecified atom stereocenters. The van der Waals surface area contributed by atoms with E-state index in [1.54, 1.807) is 15.9 Å². The van der Waals surface area contributed by atoms with E-state index in [1.807, 2.05) is 25.1 Å². The Balaban J connectivity index is 1.82. The summed E-state index contributed by atoms with van der Waals surface area (Å²) in [5, 5.41) is 5.47. The highest BCUT2D eigenvalue weighted by atomic mass is 32.1. The summed E-state index contributed by atoms with van der Waals surface area (Å²) in [4.78, 5) is 16.1. The Hall–Kier alpha value is -2.01. The zero-order valence-electron chi connectivity index (χ0n) is 10.5. The zero-order chi connectivity index (χ0) is 13.2. The molecular weight excluding hydrogens is 258 g/mol. The van der Waals surface area contributed by atoms with Crippen LogP contribution in [0.4, 0.5) is 0 Å². The van der Waals surface area contributed by atoms with Crippen LogP contribution in [0.25, 0.3) is 4.96 Å². The van der Waals surface area contributed by atoms with Crippen molar-refractivity contribution in [2.24, 2.45) is 0 Å². The van der Waals surface area contributed by atoms with Crippen molar-refractivity contribution in [1.29, 1.82) is 0 Å². The molecule has 0 N–H and O–H groups in total. The third kappa shape index (κ3) is 2.29. The second-order valence-corrected chi connectivity index (χ2v) is 5.42. The molecule has 0 saturated carbocycles. The van der Waals surface area contributed by atoms with Crippen molar-refractivity contribution in [3.8, 4) is 0 Å². The summed E-state index contributed by atoms with van der Waals surface area (Å²) in [6.07, 6.45) is 2.64. The van der Waals surface area contributed by atoms with Crippen molar-refractivity contribution in [2.75, 3.05) is 0 Å². The number of aryl methyl sites for hydroxylation is 3. The fourth-order valence-corrected chi connectivity index (χ4v) is 2.98. The molecular formula is C14H13N3OS. The van der Waals surface area contributed by atoms with Gasteiger partial charge in [-0.3, -0.25) is 4.79 Å². The van der Waals surface area contributed by atoms with Gasteiger partial charge in [0.1, 0.15) is 10.7 Å². The van der Waals surface area contributed by atoms with Gasteiger partial charge in [-0.25, -0.2) is 4.98 Å². The van der Waals surface area contributed by atoms with E-state index in [1.165, 1.54) is 5.56 Å². The summed E-state index contributed by atoms with van der Waals surface area (Å²) in [6.45, 7) is 1.83. The topological polar surface area (TPSA) is 47.3 Å². The number of aromatic nitrogens is 3. The normalized spacial score (nSPS) is 11.0. The van der Waals surface area contributed by atoms with E-state index in [0.717, 1.165) is 34.8 Å². The monoisotopic (exact) mass is 271 g/mol. The van der Waals surface area contributed by atoms with Crippen molar-refractivity contribution in [1.82, 2.24) is 14.6 Å². The van der Waals surface area contributed by atoms with Crippen molar-refractivity contribution >= 4 is 22.6 Å². The molecule has 0 fully saturated rings. The van der Waals surface area contributed by atoms with E-state index in [9.17, 15) is 4.79 Å². The van der Waals surface area contributed by atoms with Gasteiger partial charge < -0.3 is 0 Å². The number of carbonyl (C=O) groups is 1. The Morgan fingerprint density at radius 1 is 1.26 bits per heavy atom. The molecule has 19 heavy (non-hydrogen) atoms. The van der Waals surface area contributed by atoms with Crippen molar-refractivity contribution in [3.05, 3.63) is 52.3 Å². The van der Waals surface area contributed by atoms with E-state index in [-0.39, 0.29) is 0 Å². The Bertz CT molecular complexity index is 715. The summed E-state index contributed by atoms with van der Waals surface area (Å²) >= 11 is 1.55. The highest BCUT2D eigenvalue weighted by Gasteiger charge is 2.12. The van der Waals surface area contributed by atoms with Gasteiger partial charge >= 0.3 is 0 Å². The van der Waals surface area contributed by atoms with E-state index in [4.69, 9.17) is 0 Å². The molecule has 1 aromatic carbocycles. The second kappa shape index (κ2) is 4.93. The van der Waals surface area contributed by atoms with Crippen molar-refractivity contribution < 1.29 is 4.79 Å². The van der Waals surface area contributed by atoms with Gasteiger partial charge in [-0.1, -0.05) is 41.7 Å². The summed E-state index contributed by atoms with van der Waals surface area (Å²) in [6, 6.07) is 10.3. The van der Waals surface area contributed by atoms with E-state index in [0.29, 0.717) is 5.69 Å². The number of carbonyl (C=O) groups excluding carboxylic acids is 1. The van der Waals surface area contributed by atoms with Crippen LogP contribution in [0.15, 0.2) is 30.3 Å². The molecule has 0 saturated heterocycles. The van der Waals surface area contributed by atoms with Crippen LogP contribution >= 0.6 is 11.3 Å². The fraction of sp³-hybridized carbons (Fsp3) is 0.214. The third-order valence-corrected chi connectivity index (χ3v) is 4.01. The molecule has 3 rings (SSSR count). The number of fused-ring (bicyclic) bond motifs is 1. The minimum absolute atomic E-state index is 0.553. The lowest BCUT2D eigenvalue weighted by atomic mass is 10.1. The highest BCUT2D eigenvalue weighted by molar-refractivity contribution is 7.16. The molecule has 96 valence electrons. The number of hydrogen-bond donors (Lipinski definition) is 0. The van der Waals surface area contributed by atoms with Gasteiger partial charge in [0.25, 0.3) is 0 Å². The number of rotatable bonds is 4. The van der Waals surface area contributed by atoms with E-state index in [2.05, 4.69) is 22.2 Å². The number of hydrogen-bond acceptors (Lipinski definition) is 4. The molecule has 0 amide bonds. The molecule has 2 aromatic heterocycles. The molecule has 0 bridgehead atoms. The van der Waals surface area contributed by atoms with Crippen LogP contribution in [0.3, 0.4) is 0 Å². The second-order valence-electron chi connectivity index (χ2n) is 4.38. The predicted octanol–water partition coefficient (Wildman–Crippen LogP) is 2.70. The van der Waals surface area contributed by atoms with E-state index < -0.39 is 0 Å². The average molecular weight is 271 g/mol. The number of aldehydes is 1. The van der Waals surface area contributed by atoms with Gasteiger partial charge in [-0.2, -0.15) is 9.61 Å². The molecule has 0 radical (unpaired) electrons. The van der Waals surface area contributed by atoms with Crippen LogP contribution in [0.1, 0.15) is 26.8 Å². The van der Waals surface area contributed by atoms with Gasteiger partial charge in [-0.15, -0.1) is 0 Å². The molecule has 2 heterocycles. The summed E-state index contributed by atoms with van der Waals surface area (Å²) in [5.74, 6) is 0. The van der Waals surface area contributed by atoms with Gasteiger partial charge in [0.05, 0.1) is 5.69 Å². The largest absolute Gasteiger partial charge is 0.296 e. The molecule has 0 spiro atoms. The van der Waals surface area contributed by atoms with Crippen LogP contribution in [-0.4, -0.2) is 20.9 Å². The molecule has 0 atom stereocenters. The van der Waals surface area contributed by atoms with Gasteiger partial charge in [0.15, 0.2) is 6.29 Å². The van der Waals surface area contributed by atoms with Crippen LogP contribution in [0.2, 0.25) is 0 Å². The number of benzene rings is 1. The predicted molar refractivity (Wildman–Crippen MR) is 74.8 cm³/mol. The molecule has 0 aliphatic heterocycles. The van der Waals surface area contributed by atoms with Gasteiger partial charge in [0, 0.05) is 6.42 Å². The Labute approximate surface area is 114 Å². The maximum atomic E-state index is 11.0. The minimum Gasteiger partial charge on any atom is -0.296 e. The van der Waals surface area contributed by atoms with Crippen molar-refractivity contribution in [3.63, 3.8) is 0 Å². The molecule has 3 aromatic rings. The smallest absolute Gasteiger partial charge is 0.213 e. The first-order chi connectivity index (χ1) is 9.28. The standard InChI is InChI=1S/C14H13N3OS/c1-10-12(9-18)17-14(15-10)19-13(16-17)8-7-11-5-3-2-4-6-11/h2-6,9H,7-8H2,1H3. The summed E-state index contributed by atoms with van der Waals surface area (Å²) < 4.78 is 1.65. The summed E-state index contributed by atoms with van der Waals surface area (Å²) in [7, 11) is 0. The molecule has 5 heteroatoms. The first kappa shape index (κ1) is 12.0. The average Bonchev–Trinajstić information content (AvgIpc) is 2.93. The lowest BCUT2D eigenvalue weighted by Crippen LogP contribution is -1.96. The van der Waals surface area contributed by atoms with Crippen LogP contribution < -0.4 is 0 Å². The van der Waals surface area contributed by atoms with Gasteiger partial charge in [0.2, 0.25) is 4.96 Å². The molecule has 4 nitrogen and oxygen atoms in total. The Morgan fingerprint density at radius 3 is 2.79 bits per heavy atom. The first-order valence-electron chi connectivity index (χ1n) is 6.12. The lowest BCUT2D eigenvalue weighted by Gasteiger charge is -1.97.